The Balaban J connectivity index is 1.93. The second-order valence-electron chi connectivity index (χ2n) is 6.38. The predicted octanol–water partition coefficient (Wildman–Crippen LogP) is 4.93. The van der Waals surface area contributed by atoms with Crippen LogP contribution in [0, 0.1) is 0 Å². The van der Waals surface area contributed by atoms with Crippen molar-refractivity contribution in [3.8, 4) is 11.3 Å². The van der Waals surface area contributed by atoms with Crippen LogP contribution in [-0.4, -0.2) is 15.9 Å². The number of aromatic nitrogens is 2. The molecule has 5 nitrogen and oxygen atoms in total. The molecule has 6 heteroatoms. The third kappa shape index (κ3) is 4.23. The van der Waals surface area contributed by atoms with Crippen molar-refractivity contribution in [2.45, 2.75) is 27.2 Å². The molecule has 0 aromatic carbocycles. The Morgan fingerprint density at radius 2 is 2.07 bits per heavy atom. The molecule has 3 heterocycles. The number of carbonyl (C=O) groups excluding carboxylic acids is 1. The first-order valence-corrected chi connectivity index (χ1v) is 9.56. The van der Waals surface area contributed by atoms with Gasteiger partial charge in [-0.2, -0.15) is 0 Å². The molecule has 3 N–H and O–H groups in total. The molecule has 0 saturated carbocycles. The average molecular weight is 379 g/mol. The number of hydrogen-bond acceptors (Lipinski definition) is 5. The van der Waals surface area contributed by atoms with E-state index in [-0.39, 0.29) is 5.91 Å². The maximum atomic E-state index is 12.7. The van der Waals surface area contributed by atoms with Gasteiger partial charge in [-0.25, -0.2) is 4.98 Å². The molecule has 0 atom stereocenters. The number of rotatable bonds is 5. The van der Waals surface area contributed by atoms with Crippen molar-refractivity contribution >= 4 is 33.1 Å². The van der Waals surface area contributed by atoms with Crippen LogP contribution in [-0.2, 0) is 0 Å². The highest BCUT2D eigenvalue weighted by atomic mass is 32.1. The molecule has 138 valence electrons. The first-order valence-electron chi connectivity index (χ1n) is 8.74. The highest BCUT2D eigenvalue weighted by molar-refractivity contribution is 7.21. The number of nitrogen functional groups attached to an aromatic ring is 1. The maximum Gasteiger partial charge on any atom is 0.267 e. The quantitative estimate of drug-likeness (QED) is 0.617. The molecule has 1 amide bonds. The van der Waals surface area contributed by atoms with Gasteiger partial charge in [0.1, 0.15) is 9.71 Å². The summed E-state index contributed by atoms with van der Waals surface area (Å²) in [6.45, 7) is 6.03. The van der Waals surface area contributed by atoms with Crippen LogP contribution in [0.5, 0.6) is 0 Å². The van der Waals surface area contributed by atoms with E-state index in [0.29, 0.717) is 10.6 Å². The maximum absolute atomic E-state index is 12.7. The number of thiophene rings is 1. The van der Waals surface area contributed by atoms with Gasteiger partial charge in [0.05, 0.1) is 11.4 Å². The largest absolute Gasteiger partial charge is 0.397 e. The number of anilines is 1. The van der Waals surface area contributed by atoms with Gasteiger partial charge in [0.15, 0.2) is 0 Å². The molecule has 0 aliphatic carbocycles. The van der Waals surface area contributed by atoms with Crippen molar-refractivity contribution in [3.63, 3.8) is 0 Å². The summed E-state index contributed by atoms with van der Waals surface area (Å²) in [5.41, 5.74) is 10.5. The smallest absolute Gasteiger partial charge is 0.267 e. The normalized spacial score (nSPS) is 11.4. The van der Waals surface area contributed by atoms with E-state index >= 15 is 0 Å². The number of allylic oxidation sites excluding steroid dienone is 4. The van der Waals surface area contributed by atoms with Gasteiger partial charge in [0.25, 0.3) is 5.91 Å². The minimum absolute atomic E-state index is 0.200. The van der Waals surface area contributed by atoms with Crippen molar-refractivity contribution in [1.82, 2.24) is 15.3 Å². The van der Waals surface area contributed by atoms with E-state index in [2.05, 4.69) is 15.3 Å². The number of pyridine rings is 2. The lowest BCUT2D eigenvalue weighted by Crippen LogP contribution is -2.22. The third-order valence-corrected chi connectivity index (χ3v) is 5.14. The summed E-state index contributed by atoms with van der Waals surface area (Å²) in [5, 5.41) is 3.75. The number of carbonyl (C=O) groups is 1. The minimum atomic E-state index is -0.200. The molecule has 0 radical (unpaired) electrons. The van der Waals surface area contributed by atoms with Gasteiger partial charge in [-0.15, -0.1) is 11.3 Å². The molecule has 0 saturated heterocycles. The van der Waals surface area contributed by atoms with Crippen molar-refractivity contribution in [1.29, 1.82) is 0 Å². The number of nitrogens with two attached hydrogens (primary N) is 1. The van der Waals surface area contributed by atoms with E-state index in [1.54, 1.807) is 12.4 Å². The van der Waals surface area contributed by atoms with Crippen LogP contribution in [0.1, 0.15) is 36.9 Å². The summed E-state index contributed by atoms with van der Waals surface area (Å²) in [5.74, 6) is -0.200. The predicted molar refractivity (Wildman–Crippen MR) is 113 cm³/mol. The molecule has 27 heavy (non-hydrogen) atoms. The van der Waals surface area contributed by atoms with Crippen LogP contribution in [0.15, 0.2) is 60.1 Å². The number of fused-ring (bicyclic) bond motifs is 1. The first kappa shape index (κ1) is 18.8. The molecule has 0 spiro atoms. The highest BCUT2D eigenvalue weighted by Crippen LogP contribution is 2.34. The fraction of sp³-hybridized carbons (Fsp3) is 0.190. The first-order chi connectivity index (χ1) is 13.0. The fourth-order valence-corrected chi connectivity index (χ4v) is 3.55. The van der Waals surface area contributed by atoms with E-state index in [1.165, 1.54) is 16.9 Å². The van der Waals surface area contributed by atoms with Crippen LogP contribution in [0.2, 0.25) is 0 Å². The summed E-state index contributed by atoms with van der Waals surface area (Å²) in [6.07, 6.45) is 8.12. The zero-order chi connectivity index (χ0) is 19.4. The monoisotopic (exact) mass is 378 g/mol. The second-order valence-corrected chi connectivity index (χ2v) is 7.38. The van der Waals surface area contributed by atoms with E-state index in [1.807, 2.05) is 57.2 Å². The van der Waals surface area contributed by atoms with Crippen molar-refractivity contribution in [2.75, 3.05) is 5.73 Å². The molecule has 0 unspecified atom stereocenters. The average Bonchev–Trinajstić information content (AvgIpc) is 3.01. The van der Waals surface area contributed by atoms with Gasteiger partial charge in [0.2, 0.25) is 0 Å². The summed E-state index contributed by atoms with van der Waals surface area (Å²) in [7, 11) is 0. The second kappa shape index (κ2) is 8.14. The Kier molecular flexibility index (Phi) is 5.66. The van der Waals surface area contributed by atoms with E-state index in [9.17, 15) is 4.79 Å². The Bertz CT molecular complexity index is 1030. The summed E-state index contributed by atoms with van der Waals surface area (Å²) >= 11 is 1.31. The lowest BCUT2D eigenvalue weighted by molar-refractivity contribution is 0.0969. The van der Waals surface area contributed by atoms with Gasteiger partial charge in [-0.3, -0.25) is 9.78 Å². The van der Waals surface area contributed by atoms with Gasteiger partial charge in [-0.1, -0.05) is 18.6 Å². The molecular formula is C21H22N4OS. The van der Waals surface area contributed by atoms with Crippen LogP contribution in [0.3, 0.4) is 0 Å². The lowest BCUT2D eigenvalue weighted by atomic mass is 10.1. The van der Waals surface area contributed by atoms with Gasteiger partial charge < -0.3 is 11.1 Å². The molecule has 3 rings (SSSR count). The van der Waals surface area contributed by atoms with Crippen LogP contribution >= 0.6 is 11.3 Å². The molecule has 3 aromatic heterocycles. The number of hydrogen-bond donors (Lipinski definition) is 2. The minimum Gasteiger partial charge on any atom is -0.397 e. The summed E-state index contributed by atoms with van der Waals surface area (Å²) < 4.78 is 0. The SMILES string of the molecule is CC/C(=C\C=C(C)C)NC(=O)c1sc2nc(-c3cccnc3)ccc2c1N. The molecule has 0 aliphatic heterocycles. The molecule has 3 aromatic rings. The Labute approximate surface area is 162 Å². The van der Waals surface area contributed by atoms with Crippen molar-refractivity contribution in [3.05, 3.63) is 65.0 Å². The Morgan fingerprint density at radius 3 is 2.74 bits per heavy atom. The number of nitrogens with one attached hydrogen (secondary N) is 1. The van der Waals surface area contributed by atoms with Gasteiger partial charge in [-0.05, 0) is 50.6 Å². The van der Waals surface area contributed by atoms with Crippen molar-refractivity contribution < 1.29 is 4.79 Å². The highest BCUT2D eigenvalue weighted by Gasteiger charge is 2.18. The van der Waals surface area contributed by atoms with Crippen LogP contribution < -0.4 is 11.1 Å². The standard InChI is InChI=1S/C21H22N4OS/c1-4-15(8-7-13(2)3)24-20(26)19-18(22)16-9-10-17(25-21(16)27-19)14-6-5-11-23-12-14/h5-12H,4,22H2,1-3H3,(H,24,26)/b15-8+. The summed E-state index contributed by atoms with van der Waals surface area (Å²) in [6, 6.07) is 7.63. The van der Waals surface area contributed by atoms with Crippen molar-refractivity contribution in [2.24, 2.45) is 0 Å². The van der Waals surface area contributed by atoms with E-state index in [0.717, 1.165) is 33.6 Å². The Morgan fingerprint density at radius 1 is 1.26 bits per heavy atom. The van der Waals surface area contributed by atoms with Crippen LogP contribution in [0.25, 0.3) is 21.5 Å². The molecule has 0 fully saturated rings. The number of amides is 1. The molecular weight excluding hydrogens is 356 g/mol. The van der Waals surface area contributed by atoms with E-state index in [4.69, 9.17) is 5.73 Å². The van der Waals surface area contributed by atoms with E-state index < -0.39 is 0 Å². The molecule has 0 aliphatic rings. The fourth-order valence-electron chi connectivity index (χ4n) is 2.56. The lowest BCUT2D eigenvalue weighted by Gasteiger charge is -2.06. The third-order valence-electron chi connectivity index (χ3n) is 4.03. The molecule has 0 bridgehead atoms. The van der Waals surface area contributed by atoms with Crippen LogP contribution in [0.4, 0.5) is 5.69 Å². The van der Waals surface area contributed by atoms with Gasteiger partial charge in [0, 0.05) is 29.0 Å². The zero-order valence-electron chi connectivity index (χ0n) is 15.6. The number of nitrogens with zero attached hydrogens (tertiary/aromatic N) is 2. The summed E-state index contributed by atoms with van der Waals surface area (Å²) in [4.78, 5) is 22.7. The zero-order valence-corrected chi connectivity index (χ0v) is 16.4. The van der Waals surface area contributed by atoms with Gasteiger partial charge >= 0.3 is 0 Å². The Hall–Kier alpha value is -2.99. The topological polar surface area (TPSA) is 80.9 Å².